The summed E-state index contributed by atoms with van der Waals surface area (Å²) in [6.45, 7) is -1.55. The van der Waals surface area contributed by atoms with E-state index in [9.17, 15) is 8.78 Å². The lowest BCUT2D eigenvalue weighted by Gasteiger charge is -2.11. The van der Waals surface area contributed by atoms with Gasteiger partial charge in [-0.2, -0.15) is 8.78 Å². The molecule has 20 heavy (non-hydrogen) atoms. The van der Waals surface area contributed by atoms with Gasteiger partial charge in [-0.25, -0.2) is 0 Å². The summed E-state index contributed by atoms with van der Waals surface area (Å²) in [5, 5.41) is 5.26. The highest BCUT2D eigenvalue weighted by Gasteiger charge is 2.11. The molecular weight excluding hydrogens is 284 g/mol. The predicted molar refractivity (Wildman–Crippen MR) is 74.5 cm³/mol. The van der Waals surface area contributed by atoms with E-state index in [4.69, 9.17) is 4.74 Å². The van der Waals surface area contributed by atoms with Crippen molar-refractivity contribution in [2.24, 2.45) is 0 Å². The second-order valence-electron chi connectivity index (χ2n) is 4.05. The van der Waals surface area contributed by atoms with Gasteiger partial charge in [-0.05, 0) is 29.1 Å². The van der Waals surface area contributed by atoms with Gasteiger partial charge in [-0.1, -0.05) is 12.1 Å². The Labute approximate surface area is 120 Å². The van der Waals surface area contributed by atoms with Crippen molar-refractivity contribution < 1.29 is 18.3 Å². The quantitative estimate of drug-likeness (QED) is 0.846. The van der Waals surface area contributed by atoms with Crippen molar-refractivity contribution >= 4 is 11.3 Å². The van der Waals surface area contributed by atoms with Crippen molar-refractivity contribution in [2.45, 2.75) is 19.7 Å². The molecule has 1 N–H and O–H groups in total. The maximum Gasteiger partial charge on any atom is 0.387 e. The van der Waals surface area contributed by atoms with E-state index >= 15 is 0 Å². The number of nitrogens with one attached hydrogen (secondary N) is 1. The van der Waals surface area contributed by atoms with E-state index < -0.39 is 6.61 Å². The molecule has 2 aromatic rings. The molecule has 0 aliphatic rings. The summed E-state index contributed by atoms with van der Waals surface area (Å²) in [6, 6.07) is 9.03. The first-order valence-electron chi connectivity index (χ1n) is 6.04. The Kier molecular flexibility index (Phi) is 5.31. The van der Waals surface area contributed by atoms with E-state index in [1.165, 1.54) is 12.0 Å². The second kappa shape index (κ2) is 7.21. The number of ether oxygens (including phenoxy) is 2. The topological polar surface area (TPSA) is 30.5 Å². The number of rotatable bonds is 7. The Morgan fingerprint density at radius 3 is 2.70 bits per heavy atom. The number of hydrogen-bond donors (Lipinski definition) is 1. The molecule has 0 aliphatic heterocycles. The molecule has 0 aliphatic carbocycles. The number of hydrogen-bond acceptors (Lipinski definition) is 4. The molecule has 0 saturated heterocycles. The third-order valence-electron chi connectivity index (χ3n) is 2.65. The number of benzene rings is 1. The zero-order chi connectivity index (χ0) is 14.4. The predicted octanol–water partition coefficient (Wildman–Crippen LogP) is 3.65. The fourth-order valence-electron chi connectivity index (χ4n) is 1.76. The molecule has 0 amide bonds. The van der Waals surface area contributed by atoms with Gasteiger partial charge in [0.15, 0.2) is 11.5 Å². The monoisotopic (exact) mass is 299 g/mol. The number of thiophene rings is 1. The van der Waals surface area contributed by atoms with Crippen LogP contribution in [0, 0.1) is 0 Å². The highest BCUT2D eigenvalue weighted by molar-refractivity contribution is 7.09. The summed E-state index contributed by atoms with van der Waals surface area (Å²) in [5.74, 6) is 0.352. The molecule has 0 unspecified atom stereocenters. The summed E-state index contributed by atoms with van der Waals surface area (Å²) in [4.78, 5) is 1.22. The largest absolute Gasteiger partial charge is 0.493 e. The molecule has 108 valence electrons. The Bertz CT molecular complexity index is 532. The van der Waals surface area contributed by atoms with Crippen LogP contribution in [0.1, 0.15) is 10.4 Å². The number of halogens is 2. The molecule has 3 nitrogen and oxygen atoms in total. The van der Waals surface area contributed by atoms with Crippen molar-refractivity contribution in [2.75, 3.05) is 7.11 Å². The first-order valence-corrected chi connectivity index (χ1v) is 6.92. The lowest BCUT2D eigenvalue weighted by molar-refractivity contribution is -0.0512. The molecule has 6 heteroatoms. The molecule has 1 aromatic heterocycles. The minimum absolute atomic E-state index is 0.0536. The van der Waals surface area contributed by atoms with Crippen molar-refractivity contribution in [1.29, 1.82) is 0 Å². The molecule has 0 fully saturated rings. The molecule has 1 heterocycles. The van der Waals surface area contributed by atoms with Crippen LogP contribution in [0.4, 0.5) is 8.78 Å². The van der Waals surface area contributed by atoms with Crippen LogP contribution in [-0.4, -0.2) is 13.7 Å². The molecule has 0 spiro atoms. The maximum atomic E-state index is 12.3. The Hall–Kier alpha value is -1.66. The van der Waals surface area contributed by atoms with E-state index in [2.05, 4.69) is 10.1 Å². The van der Waals surface area contributed by atoms with Crippen LogP contribution in [0.15, 0.2) is 35.7 Å². The average Bonchev–Trinajstić information content (AvgIpc) is 2.91. The normalized spacial score (nSPS) is 10.8. The lowest BCUT2D eigenvalue weighted by atomic mass is 10.2. The van der Waals surface area contributed by atoms with Gasteiger partial charge in [-0.15, -0.1) is 11.3 Å². The van der Waals surface area contributed by atoms with E-state index in [1.807, 2.05) is 23.6 Å². The SMILES string of the molecule is COc1ccc(CNCc2cccs2)cc1OC(F)F. The van der Waals surface area contributed by atoms with E-state index in [0.717, 1.165) is 12.1 Å². The van der Waals surface area contributed by atoms with E-state index in [-0.39, 0.29) is 5.75 Å². The highest BCUT2D eigenvalue weighted by atomic mass is 32.1. The van der Waals surface area contributed by atoms with Gasteiger partial charge in [0.05, 0.1) is 7.11 Å². The van der Waals surface area contributed by atoms with Gasteiger partial charge in [0, 0.05) is 18.0 Å². The van der Waals surface area contributed by atoms with Crippen LogP contribution >= 0.6 is 11.3 Å². The molecular formula is C14H15F2NO2S. The third kappa shape index (κ3) is 4.18. The van der Waals surface area contributed by atoms with Gasteiger partial charge in [-0.3, -0.25) is 0 Å². The summed E-state index contributed by atoms with van der Waals surface area (Å²) < 4.78 is 34.1. The summed E-state index contributed by atoms with van der Waals surface area (Å²) in [6.07, 6.45) is 0. The van der Waals surface area contributed by atoms with Crippen LogP contribution in [0.25, 0.3) is 0 Å². The lowest BCUT2D eigenvalue weighted by Crippen LogP contribution is -2.12. The molecule has 2 rings (SSSR count). The summed E-state index contributed by atoms with van der Waals surface area (Å²) in [7, 11) is 1.42. The van der Waals surface area contributed by atoms with Gasteiger partial charge >= 0.3 is 6.61 Å². The molecule has 1 aromatic carbocycles. The minimum Gasteiger partial charge on any atom is -0.493 e. The van der Waals surface area contributed by atoms with Gasteiger partial charge in [0.25, 0.3) is 0 Å². The zero-order valence-corrected chi connectivity index (χ0v) is 11.8. The zero-order valence-electron chi connectivity index (χ0n) is 10.9. The van der Waals surface area contributed by atoms with Crippen LogP contribution in [0.2, 0.25) is 0 Å². The highest BCUT2D eigenvalue weighted by Crippen LogP contribution is 2.29. The Morgan fingerprint density at radius 2 is 2.05 bits per heavy atom. The van der Waals surface area contributed by atoms with E-state index in [0.29, 0.717) is 12.3 Å². The standard InChI is InChI=1S/C14H15F2NO2S/c1-18-12-5-4-10(7-13(12)19-14(15)16)8-17-9-11-3-2-6-20-11/h2-7,14,17H,8-9H2,1H3. The molecule has 0 atom stereocenters. The first kappa shape index (κ1) is 14.7. The minimum atomic E-state index is -2.86. The molecule has 0 radical (unpaired) electrons. The number of methoxy groups -OCH3 is 1. The summed E-state index contributed by atoms with van der Waals surface area (Å²) in [5.41, 5.74) is 0.859. The van der Waals surface area contributed by atoms with Gasteiger partial charge in [0.2, 0.25) is 0 Å². The average molecular weight is 299 g/mol. The maximum absolute atomic E-state index is 12.3. The Balaban J connectivity index is 1.97. The van der Waals surface area contributed by atoms with Crippen LogP contribution in [0.5, 0.6) is 11.5 Å². The summed E-state index contributed by atoms with van der Waals surface area (Å²) >= 11 is 1.67. The smallest absolute Gasteiger partial charge is 0.387 e. The Morgan fingerprint density at radius 1 is 1.20 bits per heavy atom. The first-order chi connectivity index (χ1) is 9.69. The van der Waals surface area contributed by atoms with Gasteiger partial charge in [0.1, 0.15) is 0 Å². The third-order valence-corrected chi connectivity index (χ3v) is 3.53. The van der Waals surface area contributed by atoms with Crippen molar-refractivity contribution in [3.8, 4) is 11.5 Å². The second-order valence-corrected chi connectivity index (χ2v) is 5.08. The van der Waals surface area contributed by atoms with E-state index in [1.54, 1.807) is 23.5 Å². The fourth-order valence-corrected chi connectivity index (χ4v) is 2.44. The fraction of sp³-hybridized carbons (Fsp3) is 0.286. The molecule has 0 saturated carbocycles. The van der Waals surface area contributed by atoms with Crippen molar-refractivity contribution in [3.63, 3.8) is 0 Å². The number of alkyl halides is 2. The van der Waals surface area contributed by atoms with Crippen LogP contribution < -0.4 is 14.8 Å². The van der Waals surface area contributed by atoms with Crippen molar-refractivity contribution in [1.82, 2.24) is 5.32 Å². The van der Waals surface area contributed by atoms with Crippen molar-refractivity contribution in [3.05, 3.63) is 46.2 Å². The molecule has 0 bridgehead atoms. The van der Waals surface area contributed by atoms with Crippen LogP contribution in [-0.2, 0) is 13.1 Å². The van der Waals surface area contributed by atoms with Crippen LogP contribution in [0.3, 0.4) is 0 Å². The van der Waals surface area contributed by atoms with Gasteiger partial charge < -0.3 is 14.8 Å².